The number of ketones is 1. The topological polar surface area (TPSA) is 68.0 Å². The Hall–Kier alpha value is -1.75. The molecule has 0 amide bonds. The van der Waals surface area contributed by atoms with Crippen LogP contribution in [0.4, 0.5) is 0 Å². The first-order chi connectivity index (χ1) is 15.8. The summed E-state index contributed by atoms with van der Waals surface area (Å²) in [5, 5.41) is 19.9. The van der Waals surface area contributed by atoms with Crippen LogP contribution in [0.25, 0.3) is 11.0 Å². The number of fused-ring (bicyclic) bond motifs is 6. The van der Waals surface area contributed by atoms with E-state index in [1.807, 2.05) is 38.1 Å². The minimum atomic E-state index is -0.455. The average molecular weight is 450 g/mol. The summed E-state index contributed by atoms with van der Waals surface area (Å²) < 4.78 is 0. The van der Waals surface area contributed by atoms with E-state index in [9.17, 15) is 9.90 Å². The molecule has 4 saturated carbocycles. The molecule has 0 aliphatic heterocycles. The Balaban J connectivity index is 1.21. The fourth-order valence-electron chi connectivity index (χ4n) is 9.00. The van der Waals surface area contributed by atoms with Gasteiger partial charge in [-0.2, -0.15) is 15.0 Å². The van der Waals surface area contributed by atoms with Gasteiger partial charge < -0.3 is 5.11 Å². The largest absolute Gasteiger partial charge is 0.390 e. The molecule has 0 bridgehead atoms. The molecular formula is C28H39N3O2. The molecule has 1 heterocycles. The number of rotatable bonds is 3. The number of hydrogen-bond acceptors (Lipinski definition) is 4. The summed E-state index contributed by atoms with van der Waals surface area (Å²) in [5.74, 6) is 4.21. The van der Waals surface area contributed by atoms with Crippen molar-refractivity contribution in [1.29, 1.82) is 0 Å². The summed E-state index contributed by atoms with van der Waals surface area (Å²) in [6.07, 6.45) is 10.4. The van der Waals surface area contributed by atoms with E-state index < -0.39 is 5.60 Å². The third-order valence-electron chi connectivity index (χ3n) is 10.6. The van der Waals surface area contributed by atoms with Crippen molar-refractivity contribution in [3.63, 3.8) is 0 Å². The van der Waals surface area contributed by atoms with Gasteiger partial charge in [0.05, 0.1) is 5.60 Å². The van der Waals surface area contributed by atoms with E-state index >= 15 is 0 Å². The predicted molar refractivity (Wildman–Crippen MR) is 128 cm³/mol. The second kappa shape index (κ2) is 7.63. The van der Waals surface area contributed by atoms with Crippen LogP contribution in [-0.2, 0) is 4.79 Å². The third-order valence-corrected chi connectivity index (χ3v) is 10.6. The van der Waals surface area contributed by atoms with Gasteiger partial charge in [-0.15, -0.1) is 0 Å². The average Bonchev–Trinajstić information content (AvgIpc) is 3.38. The summed E-state index contributed by atoms with van der Waals surface area (Å²) in [6.45, 7) is 6.46. The Morgan fingerprint density at radius 2 is 1.67 bits per heavy atom. The minimum absolute atomic E-state index is 0.117. The van der Waals surface area contributed by atoms with Crippen LogP contribution in [0, 0.1) is 40.9 Å². The molecule has 1 aromatic carbocycles. The van der Waals surface area contributed by atoms with Crippen molar-refractivity contribution >= 4 is 16.8 Å². The maximum Gasteiger partial charge on any atom is 0.162 e. The molecule has 1 N–H and O–H groups in total. The quantitative estimate of drug-likeness (QED) is 0.664. The molecule has 5 nitrogen and oxygen atoms in total. The van der Waals surface area contributed by atoms with Crippen LogP contribution in [0.5, 0.6) is 0 Å². The fourth-order valence-corrected chi connectivity index (χ4v) is 9.00. The summed E-state index contributed by atoms with van der Waals surface area (Å²) in [4.78, 5) is 15.5. The Kier molecular flexibility index (Phi) is 5.03. The lowest BCUT2D eigenvalue weighted by Gasteiger charge is -2.57. The number of aliphatic hydroxyl groups is 1. The molecule has 178 valence electrons. The Morgan fingerprint density at radius 1 is 0.970 bits per heavy atom. The van der Waals surface area contributed by atoms with E-state index in [0.717, 1.165) is 48.0 Å². The zero-order chi connectivity index (χ0) is 23.0. The molecule has 4 fully saturated rings. The molecule has 5 heteroatoms. The summed E-state index contributed by atoms with van der Waals surface area (Å²) in [5.41, 5.74) is 1.38. The Bertz CT molecular complexity index is 1030. The SMILES string of the molecule is C[C@H](C(=O)[C@H]1CC[C@H]2[C@@H]3CC[C@H]4C[C@](C)(O)CC[C@@H]4[C@H]3CC[C@]12C)n1nc2ccccc2n1. The molecule has 4 aliphatic rings. The van der Waals surface area contributed by atoms with Crippen LogP contribution in [0.3, 0.4) is 0 Å². The molecule has 2 aromatic rings. The van der Waals surface area contributed by atoms with Crippen molar-refractivity contribution in [2.75, 3.05) is 0 Å². The Labute approximate surface area is 197 Å². The molecule has 6 rings (SSSR count). The van der Waals surface area contributed by atoms with Gasteiger partial charge >= 0.3 is 0 Å². The van der Waals surface area contributed by atoms with Crippen molar-refractivity contribution in [3.8, 4) is 0 Å². The highest BCUT2D eigenvalue weighted by Crippen LogP contribution is 2.65. The van der Waals surface area contributed by atoms with Crippen molar-refractivity contribution in [3.05, 3.63) is 24.3 Å². The van der Waals surface area contributed by atoms with Gasteiger partial charge in [0, 0.05) is 5.92 Å². The maximum atomic E-state index is 13.8. The lowest BCUT2D eigenvalue weighted by atomic mass is 9.49. The van der Waals surface area contributed by atoms with Crippen LogP contribution in [0.15, 0.2) is 24.3 Å². The number of aromatic nitrogens is 3. The second-order valence-corrected chi connectivity index (χ2v) is 12.4. The number of hydrogen-bond donors (Lipinski definition) is 1. The monoisotopic (exact) mass is 449 g/mol. The van der Waals surface area contributed by atoms with E-state index in [-0.39, 0.29) is 17.4 Å². The molecule has 1 aromatic heterocycles. The summed E-state index contributed by atoms with van der Waals surface area (Å²) in [6, 6.07) is 7.55. The smallest absolute Gasteiger partial charge is 0.162 e. The Morgan fingerprint density at radius 3 is 2.39 bits per heavy atom. The number of nitrogens with zero attached hydrogens (tertiary/aromatic N) is 3. The van der Waals surface area contributed by atoms with Gasteiger partial charge in [-0.1, -0.05) is 19.1 Å². The lowest BCUT2D eigenvalue weighted by Crippen LogP contribution is -2.51. The molecule has 9 atom stereocenters. The van der Waals surface area contributed by atoms with E-state index in [4.69, 9.17) is 0 Å². The molecule has 33 heavy (non-hydrogen) atoms. The first-order valence-electron chi connectivity index (χ1n) is 13.3. The highest BCUT2D eigenvalue weighted by molar-refractivity contribution is 5.86. The van der Waals surface area contributed by atoms with E-state index in [1.165, 1.54) is 38.5 Å². The van der Waals surface area contributed by atoms with Gasteiger partial charge in [-0.05, 0) is 119 Å². The first-order valence-corrected chi connectivity index (χ1v) is 13.3. The number of benzene rings is 1. The van der Waals surface area contributed by atoms with E-state index in [2.05, 4.69) is 17.1 Å². The molecule has 0 spiro atoms. The zero-order valence-corrected chi connectivity index (χ0v) is 20.4. The molecule has 0 saturated heterocycles. The number of carbonyl (C=O) groups excluding carboxylic acids is 1. The van der Waals surface area contributed by atoms with Gasteiger partial charge in [0.1, 0.15) is 17.1 Å². The van der Waals surface area contributed by atoms with Gasteiger partial charge in [-0.3, -0.25) is 4.79 Å². The maximum absolute atomic E-state index is 13.8. The van der Waals surface area contributed by atoms with Gasteiger partial charge in [0.25, 0.3) is 0 Å². The highest BCUT2D eigenvalue weighted by atomic mass is 16.3. The standard InChI is InChI=1S/C28H39N3O2/c1-17(31-29-24-6-4-5-7-25(24)30-31)26(32)23-11-10-22-21-9-8-18-16-27(2,33)14-12-19(18)20(21)13-15-28(22,23)3/h4-7,17-23,33H,8-16H2,1-3H3/t17-,18+,19+,20-,21-,22+,23-,27-,28+/m1/s1. The second-order valence-electron chi connectivity index (χ2n) is 12.4. The van der Waals surface area contributed by atoms with Crippen LogP contribution >= 0.6 is 0 Å². The molecular weight excluding hydrogens is 410 g/mol. The van der Waals surface area contributed by atoms with Crippen LogP contribution in [-0.4, -0.2) is 31.5 Å². The summed E-state index contributed by atoms with van der Waals surface area (Å²) in [7, 11) is 0. The first kappa shape index (κ1) is 21.8. The van der Waals surface area contributed by atoms with Crippen molar-refractivity contribution in [2.24, 2.45) is 40.9 Å². The normalized spacial score (nSPS) is 43.5. The number of Topliss-reactive ketones (excluding diaryl/α,β-unsaturated/α-hetero) is 1. The van der Waals surface area contributed by atoms with Crippen molar-refractivity contribution in [1.82, 2.24) is 15.0 Å². The minimum Gasteiger partial charge on any atom is -0.390 e. The zero-order valence-electron chi connectivity index (χ0n) is 20.4. The van der Waals surface area contributed by atoms with Crippen molar-refractivity contribution in [2.45, 2.75) is 90.2 Å². The lowest BCUT2D eigenvalue weighted by molar-refractivity contribution is -0.135. The van der Waals surface area contributed by atoms with Crippen LogP contribution in [0.2, 0.25) is 0 Å². The fraction of sp³-hybridized carbons (Fsp3) is 0.750. The highest BCUT2D eigenvalue weighted by Gasteiger charge is 2.59. The van der Waals surface area contributed by atoms with Crippen molar-refractivity contribution < 1.29 is 9.90 Å². The molecule has 0 unspecified atom stereocenters. The van der Waals surface area contributed by atoms with Gasteiger partial charge in [0.2, 0.25) is 0 Å². The molecule has 0 radical (unpaired) electrons. The number of carbonyl (C=O) groups is 1. The summed E-state index contributed by atoms with van der Waals surface area (Å²) >= 11 is 0. The van der Waals surface area contributed by atoms with Gasteiger partial charge in [-0.25, -0.2) is 0 Å². The molecule has 4 aliphatic carbocycles. The van der Waals surface area contributed by atoms with E-state index in [0.29, 0.717) is 17.6 Å². The van der Waals surface area contributed by atoms with Crippen LogP contribution < -0.4 is 0 Å². The predicted octanol–water partition coefficient (Wildman–Crippen LogP) is 5.58. The van der Waals surface area contributed by atoms with E-state index in [1.54, 1.807) is 4.80 Å². The van der Waals surface area contributed by atoms with Crippen LogP contribution in [0.1, 0.15) is 84.6 Å². The van der Waals surface area contributed by atoms with Gasteiger partial charge in [0.15, 0.2) is 5.78 Å². The third kappa shape index (κ3) is 3.40.